The largest absolute Gasteiger partial charge is 0.465 e. The number of nitrogens with zero attached hydrogens (tertiary/aromatic N) is 5. The predicted octanol–water partition coefficient (Wildman–Crippen LogP) is 0.900. The molecule has 2 aliphatic rings. The third-order valence-electron chi connectivity index (χ3n) is 5.11. The Kier molecular flexibility index (Phi) is 3.52. The summed E-state index contributed by atoms with van der Waals surface area (Å²) in [4.78, 5) is 27.4. The molecule has 2 N–H and O–H groups in total. The molecule has 0 saturated carbocycles. The minimum atomic E-state index is -0.970. The van der Waals surface area contributed by atoms with Crippen LogP contribution in [-0.4, -0.2) is 66.5 Å². The molecule has 0 aliphatic carbocycles. The number of H-pyrrole nitrogens is 1. The van der Waals surface area contributed by atoms with Crippen LogP contribution in [0.5, 0.6) is 0 Å². The molecule has 9 nitrogen and oxygen atoms in total. The van der Waals surface area contributed by atoms with Crippen LogP contribution in [0.2, 0.25) is 0 Å². The Bertz CT molecular complexity index is 827. The molecule has 2 aromatic heterocycles. The molecule has 0 aromatic carbocycles. The lowest BCUT2D eigenvalue weighted by molar-refractivity contribution is 0.0784. The van der Waals surface area contributed by atoms with E-state index in [4.69, 9.17) is 0 Å². The van der Waals surface area contributed by atoms with Gasteiger partial charge in [0.2, 0.25) is 0 Å². The Balaban J connectivity index is 1.77. The summed E-state index contributed by atoms with van der Waals surface area (Å²) in [6.07, 6.45) is 1.32. The lowest BCUT2D eigenvalue weighted by Crippen LogP contribution is -2.42. The summed E-state index contributed by atoms with van der Waals surface area (Å²) in [5, 5.41) is 21.1. The van der Waals surface area contributed by atoms with Gasteiger partial charge in [0, 0.05) is 43.7 Å². The fourth-order valence-corrected chi connectivity index (χ4v) is 3.77. The Labute approximate surface area is 144 Å². The van der Waals surface area contributed by atoms with Gasteiger partial charge in [-0.1, -0.05) is 0 Å². The van der Waals surface area contributed by atoms with Gasteiger partial charge in [0.1, 0.15) is 5.69 Å². The molecule has 9 heteroatoms. The maximum atomic E-state index is 12.9. The number of carbonyl (C=O) groups excluding carboxylic acids is 1. The standard InChI is InChI=1S/C16H20N6O3/c1-9-5-13-11(8-21(9)16(24)25)14-15(23)20(2)6-10(7-22(14)19-13)12-3-4-17-18-12/h3-4,9-10H,5-8H2,1-2H3,(H,17,18)(H,24,25)/t9-,10-/m1/s1. The fraction of sp³-hybridized carbons (Fsp3) is 0.500. The summed E-state index contributed by atoms with van der Waals surface area (Å²) in [5.41, 5.74) is 2.96. The quantitative estimate of drug-likeness (QED) is 0.799. The second-order valence-corrected chi connectivity index (χ2v) is 6.80. The summed E-state index contributed by atoms with van der Waals surface area (Å²) >= 11 is 0. The van der Waals surface area contributed by atoms with Gasteiger partial charge in [-0.15, -0.1) is 0 Å². The van der Waals surface area contributed by atoms with E-state index in [2.05, 4.69) is 15.3 Å². The molecule has 0 unspecified atom stereocenters. The van der Waals surface area contributed by atoms with Crippen LogP contribution in [0, 0.1) is 0 Å². The zero-order valence-electron chi connectivity index (χ0n) is 14.1. The Hall–Kier alpha value is -2.84. The number of nitrogens with one attached hydrogen (secondary N) is 1. The normalized spacial score (nSPS) is 23.2. The highest BCUT2D eigenvalue weighted by atomic mass is 16.4. The highest BCUT2D eigenvalue weighted by molar-refractivity contribution is 5.94. The molecular formula is C16H20N6O3. The first kappa shape index (κ1) is 15.7. The molecule has 2 atom stereocenters. The number of fused-ring (bicyclic) bond motifs is 3. The zero-order chi connectivity index (χ0) is 17.7. The van der Waals surface area contributed by atoms with E-state index >= 15 is 0 Å². The summed E-state index contributed by atoms with van der Waals surface area (Å²) in [7, 11) is 1.76. The third-order valence-corrected chi connectivity index (χ3v) is 5.11. The van der Waals surface area contributed by atoms with E-state index in [1.165, 1.54) is 4.90 Å². The number of likely N-dealkylation sites (N-methyl/N-ethyl adjacent to an activating group) is 1. The number of carboxylic acid groups (broad SMARTS) is 1. The van der Waals surface area contributed by atoms with Gasteiger partial charge in [-0.3, -0.25) is 14.6 Å². The van der Waals surface area contributed by atoms with E-state index in [1.54, 1.807) is 22.8 Å². The Morgan fingerprint density at radius 3 is 2.88 bits per heavy atom. The first-order chi connectivity index (χ1) is 12.0. The maximum absolute atomic E-state index is 12.9. The number of aromatic nitrogens is 4. The van der Waals surface area contributed by atoms with Crippen molar-refractivity contribution in [3.8, 4) is 0 Å². The van der Waals surface area contributed by atoms with Gasteiger partial charge in [0.05, 0.1) is 24.5 Å². The number of aromatic amines is 1. The van der Waals surface area contributed by atoms with Gasteiger partial charge < -0.3 is 14.9 Å². The van der Waals surface area contributed by atoms with Crippen molar-refractivity contribution < 1.29 is 14.7 Å². The van der Waals surface area contributed by atoms with Crippen LogP contribution in [0.4, 0.5) is 4.79 Å². The lowest BCUT2D eigenvalue weighted by Gasteiger charge is -2.30. The molecule has 0 fully saturated rings. The van der Waals surface area contributed by atoms with Crippen LogP contribution in [-0.2, 0) is 19.5 Å². The predicted molar refractivity (Wildman–Crippen MR) is 87.3 cm³/mol. The fourth-order valence-electron chi connectivity index (χ4n) is 3.77. The molecule has 2 amide bonds. The van der Waals surface area contributed by atoms with Crippen LogP contribution in [0.1, 0.15) is 40.3 Å². The summed E-state index contributed by atoms with van der Waals surface area (Å²) in [5.74, 6) is -0.0810. The van der Waals surface area contributed by atoms with Gasteiger partial charge >= 0.3 is 6.09 Å². The van der Waals surface area contributed by atoms with Crippen LogP contribution in [0.25, 0.3) is 0 Å². The number of hydrogen-bond acceptors (Lipinski definition) is 4. The average molecular weight is 344 g/mol. The first-order valence-corrected chi connectivity index (χ1v) is 8.29. The summed E-state index contributed by atoms with van der Waals surface area (Å²) in [6.45, 7) is 3.15. The number of hydrogen-bond donors (Lipinski definition) is 2. The monoisotopic (exact) mass is 344 g/mol. The Morgan fingerprint density at radius 1 is 1.40 bits per heavy atom. The van der Waals surface area contributed by atoms with E-state index in [1.807, 2.05) is 13.0 Å². The van der Waals surface area contributed by atoms with E-state index in [0.717, 1.165) is 17.0 Å². The van der Waals surface area contributed by atoms with E-state index in [-0.39, 0.29) is 24.4 Å². The second kappa shape index (κ2) is 5.61. The minimum absolute atomic E-state index is 0.0378. The van der Waals surface area contributed by atoms with Gasteiger partial charge in [0.25, 0.3) is 5.91 Å². The Morgan fingerprint density at radius 2 is 2.20 bits per heavy atom. The van der Waals surface area contributed by atoms with Crippen LogP contribution < -0.4 is 0 Å². The van der Waals surface area contributed by atoms with Crippen molar-refractivity contribution in [2.75, 3.05) is 13.6 Å². The van der Waals surface area contributed by atoms with E-state index in [0.29, 0.717) is 25.2 Å². The van der Waals surface area contributed by atoms with Crippen molar-refractivity contribution in [2.45, 2.75) is 38.4 Å². The van der Waals surface area contributed by atoms with Crippen molar-refractivity contribution in [3.05, 3.63) is 34.9 Å². The zero-order valence-corrected chi connectivity index (χ0v) is 14.1. The molecule has 0 spiro atoms. The average Bonchev–Trinajstić information content (AvgIpc) is 3.17. The topological polar surface area (TPSA) is 107 Å². The highest BCUT2D eigenvalue weighted by Gasteiger charge is 2.37. The number of rotatable bonds is 1. The van der Waals surface area contributed by atoms with Gasteiger partial charge in [-0.25, -0.2) is 4.79 Å². The SMILES string of the molecule is C[C@@H]1Cc2nn3c(c2CN1C(=O)O)C(=O)N(C)C[C@@H](c1cc[nH]n1)C3. The summed E-state index contributed by atoms with van der Waals surface area (Å²) in [6, 6.07) is 1.75. The molecular weight excluding hydrogens is 324 g/mol. The molecule has 25 heavy (non-hydrogen) atoms. The maximum Gasteiger partial charge on any atom is 0.407 e. The van der Waals surface area contributed by atoms with Gasteiger partial charge in [-0.05, 0) is 13.0 Å². The van der Waals surface area contributed by atoms with Crippen molar-refractivity contribution >= 4 is 12.0 Å². The molecule has 2 aliphatic heterocycles. The highest BCUT2D eigenvalue weighted by Crippen LogP contribution is 2.30. The van der Waals surface area contributed by atoms with Crippen LogP contribution in [0.15, 0.2) is 12.3 Å². The lowest BCUT2D eigenvalue weighted by atomic mass is 10.00. The van der Waals surface area contributed by atoms with E-state index in [9.17, 15) is 14.7 Å². The van der Waals surface area contributed by atoms with Crippen molar-refractivity contribution in [2.24, 2.45) is 0 Å². The van der Waals surface area contributed by atoms with Crippen molar-refractivity contribution in [3.63, 3.8) is 0 Å². The van der Waals surface area contributed by atoms with Gasteiger partial charge in [-0.2, -0.15) is 10.2 Å². The first-order valence-electron chi connectivity index (χ1n) is 8.29. The molecule has 0 saturated heterocycles. The van der Waals surface area contributed by atoms with Crippen molar-refractivity contribution in [1.29, 1.82) is 0 Å². The van der Waals surface area contributed by atoms with Crippen LogP contribution >= 0.6 is 0 Å². The second-order valence-electron chi connectivity index (χ2n) is 6.80. The third kappa shape index (κ3) is 2.46. The van der Waals surface area contributed by atoms with Gasteiger partial charge in [0.15, 0.2) is 0 Å². The minimum Gasteiger partial charge on any atom is -0.465 e. The van der Waals surface area contributed by atoms with E-state index < -0.39 is 6.09 Å². The summed E-state index contributed by atoms with van der Waals surface area (Å²) < 4.78 is 1.74. The molecule has 2 aromatic rings. The molecule has 0 radical (unpaired) electrons. The molecule has 4 rings (SSSR count). The number of amides is 2. The molecule has 0 bridgehead atoms. The smallest absolute Gasteiger partial charge is 0.407 e. The van der Waals surface area contributed by atoms with Crippen molar-refractivity contribution in [1.82, 2.24) is 29.8 Å². The molecule has 4 heterocycles. The number of carbonyl (C=O) groups is 2. The van der Waals surface area contributed by atoms with Crippen LogP contribution in [0.3, 0.4) is 0 Å². The molecule has 132 valence electrons.